The van der Waals surface area contributed by atoms with Gasteiger partial charge in [0.1, 0.15) is 0 Å². The van der Waals surface area contributed by atoms with Crippen LogP contribution in [-0.4, -0.2) is 136 Å². The molecule has 48 heavy (non-hydrogen) atoms. The number of anilines is 1. The van der Waals surface area contributed by atoms with E-state index in [2.05, 4.69) is 33.3 Å². The maximum Gasteiger partial charge on any atom is 0.410 e. The topological polar surface area (TPSA) is 106 Å². The molecule has 1 N–H and O–H groups in total. The number of urea groups is 1. The molecule has 1 aromatic carbocycles. The fourth-order valence-corrected chi connectivity index (χ4v) is 7.96. The molecule has 6 heterocycles. The largest absolute Gasteiger partial charge is 0.436 e. The van der Waals surface area contributed by atoms with E-state index < -0.39 is 12.2 Å². The molecule has 0 unspecified atom stereocenters. The molecule has 2 aromatic heterocycles. The van der Waals surface area contributed by atoms with Gasteiger partial charge in [0.25, 0.3) is 5.91 Å². The molecular formula is C36H48N8O4. The van der Waals surface area contributed by atoms with Gasteiger partial charge in [-0.15, -0.1) is 0 Å². The number of piperazine rings is 1. The van der Waals surface area contributed by atoms with E-state index in [1.165, 1.54) is 0 Å². The van der Waals surface area contributed by atoms with Crippen LogP contribution in [0.1, 0.15) is 42.5 Å². The highest BCUT2D eigenvalue weighted by Crippen LogP contribution is 2.26. The van der Waals surface area contributed by atoms with Crippen LogP contribution in [0.3, 0.4) is 0 Å². The van der Waals surface area contributed by atoms with Gasteiger partial charge in [0.15, 0.2) is 6.10 Å². The van der Waals surface area contributed by atoms with Gasteiger partial charge in [0.2, 0.25) is 0 Å². The fraction of sp³-hybridized carbons (Fsp3) is 0.556. The zero-order valence-corrected chi connectivity index (χ0v) is 28.2. The summed E-state index contributed by atoms with van der Waals surface area (Å²) in [5.74, 6) is -0.131. The Bertz CT molecular complexity index is 1620. The zero-order valence-electron chi connectivity index (χ0n) is 28.2. The number of piperidine rings is 2. The quantitative estimate of drug-likeness (QED) is 0.433. The van der Waals surface area contributed by atoms with E-state index in [-0.39, 0.29) is 18.0 Å². The van der Waals surface area contributed by atoms with Crippen LogP contribution in [-0.2, 0) is 22.4 Å². The van der Waals surface area contributed by atoms with Crippen LogP contribution in [0.25, 0.3) is 5.52 Å². The first-order valence-electron chi connectivity index (χ1n) is 17.6. The third-order valence-electron chi connectivity index (χ3n) is 10.8. The second kappa shape index (κ2) is 14.1. The Hall–Kier alpha value is -4.16. The Morgan fingerprint density at radius 1 is 0.896 bits per heavy atom. The number of ether oxygens (including phenoxy) is 1. The van der Waals surface area contributed by atoms with E-state index in [9.17, 15) is 14.4 Å². The number of carbonyl (C=O) groups excluding carboxylic acids is 3. The van der Waals surface area contributed by atoms with Crippen molar-refractivity contribution in [3.63, 3.8) is 0 Å². The summed E-state index contributed by atoms with van der Waals surface area (Å²) in [5.41, 5.74) is 4.84. The number of para-hydroxylation sites is 1. The number of amides is 4. The maximum atomic E-state index is 14.1. The van der Waals surface area contributed by atoms with Gasteiger partial charge >= 0.3 is 12.1 Å². The maximum absolute atomic E-state index is 14.1. The summed E-state index contributed by atoms with van der Waals surface area (Å²) in [6.07, 6.45) is 5.10. The minimum absolute atomic E-state index is 0.0343. The van der Waals surface area contributed by atoms with Crippen LogP contribution in [0.15, 0.2) is 48.7 Å². The van der Waals surface area contributed by atoms with Crippen molar-refractivity contribution in [2.75, 3.05) is 71.3 Å². The van der Waals surface area contributed by atoms with Gasteiger partial charge in [0.05, 0.1) is 5.52 Å². The molecule has 4 amide bonds. The molecule has 3 saturated heterocycles. The molecule has 4 aliphatic heterocycles. The Morgan fingerprint density at radius 2 is 1.62 bits per heavy atom. The second-order valence-corrected chi connectivity index (χ2v) is 13.9. The van der Waals surface area contributed by atoms with Crippen LogP contribution in [0.4, 0.5) is 15.3 Å². The van der Waals surface area contributed by atoms with Crippen LogP contribution in [0, 0.1) is 6.92 Å². The number of carbonyl (C=O) groups is 3. The summed E-state index contributed by atoms with van der Waals surface area (Å²) in [6, 6.07) is 14.4. The molecule has 12 nitrogen and oxygen atoms in total. The van der Waals surface area contributed by atoms with Crippen LogP contribution < -0.4 is 5.32 Å². The molecule has 0 bridgehead atoms. The number of fused-ring (bicyclic) bond motifs is 2. The molecule has 3 fully saturated rings. The molecule has 1 atom stereocenters. The number of rotatable bonds is 6. The third kappa shape index (κ3) is 7.00. The van der Waals surface area contributed by atoms with E-state index in [1.54, 1.807) is 11.1 Å². The predicted molar refractivity (Wildman–Crippen MR) is 183 cm³/mol. The third-order valence-corrected chi connectivity index (χ3v) is 10.8. The number of hydrogen-bond donors (Lipinski definition) is 1. The number of aryl methyl sites for hydroxylation is 1. The van der Waals surface area contributed by atoms with E-state index in [1.807, 2.05) is 57.6 Å². The van der Waals surface area contributed by atoms with Gasteiger partial charge in [-0.05, 0) is 94.6 Å². The smallest absolute Gasteiger partial charge is 0.410 e. The number of likely N-dealkylation sites (tertiary alicyclic amines) is 2. The van der Waals surface area contributed by atoms with Gasteiger partial charge in [-0.2, -0.15) is 5.10 Å². The lowest BCUT2D eigenvalue weighted by Gasteiger charge is -2.42. The van der Waals surface area contributed by atoms with Crippen molar-refractivity contribution in [2.45, 2.75) is 63.6 Å². The SMILES string of the molecule is Cc1cc(C[C@@H](OC(=O)N2CCC(N3CCc4ccccc4NC3=O)CC2)C(=O)N2CCN(C3CCN(C)CC3)CC2)cc2ccnn12. The first-order valence-corrected chi connectivity index (χ1v) is 17.6. The van der Waals surface area contributed by atoms with E-state index >= 15 is 0 Å². The summed E-state index contributed by atoms with van der Waals surface area (Å²) in [4.78, 5) is 51.3. The number of aromatic nitrogens is 2. The number of benzene rings is 1. The van der Waals surface area contributed by atoms with Crippen molar-refractivity contribution >= 4 is 29.2 Å². The van der Waals surface area contributed by atoms with E-state index in [0.29, 0.717) is 58.0 Å². The summed E-state index contributed by atoms with van der Waals surface area (Å²) in [5, 5.41) is 7.44. The number of pyridine rings is 1. The molecule has 0 radical (unpaired) electrons. The molecular weight excluding hydrogens is 608 g/mol. The lowest BCUT2D eigenvalue weighted by molar-refractivity contribution is -0.143. The Kier molecular flexibility index (Phi) is 9.54. The summed E-state index contributed by atoms with van der Waals surface area (Å²) >= 11 is 0. The first-order chi connectivity index (χ1) is 23.3. The van der Waals surface area contributed by atoms with Gasteiger partial charge in [0, 0.05) is 81.9 Å². The molecule has 0 spiro atoms. The fourth-order valence-electron chi connectivity index (χ4n) is 7.96. The van der Waals surface area contributed by atoms with Crippen molar-refractivity contribution in [1.82, 2.24) is 34.1 Å². The molecule has 0 aliphatic carbocycles. The second-order valence-electron chi connectivity index (χ2n) is 13.9. The van der Waals surface area contributed by atoms with Crippen molar-refractivity contribution in [1.29, 1.82) is 0 Å². The first kappa shape index (κ1) is 32.4. The van der Waals surface area contributed by atoms with Gasteiger partial charge in [-0.3, -0.25) is 9.69 Å². The summed E-state index contributed by atoms with van der Waals surface area (Å²) in [7, 11) is 2.18. The van der Waals surface area contributed by atoms with Gasteiger partial charge in [-0.25, -0.2) is 14.1 Å². The predicted octanol–water partition coefficient (Wildman–Crippen LogP) is 3.48. The highest BCUT2D eigenvalue weighted by molar-refractivity contribution is 5.91. The van der Waals surface area contributed by atoms with E-state index in [0.717, 1.165) is 73.5 Å². The highest BCUT2D eigenvalue weighted by atomic mass is 16.6. The number of nitrogens with one attached hydrogen (secondary N) is 1. The standard InChI is InChI=1S/C36H48N8O4/c1-26-23-27(24-31-7-13-37-44(26)31)25-33(34(45)41-21-19-40(20-22-41)29-9-14-39(2)15-10-29)48-36(47)42-16-11-30(12-17-42)43-18-8-28-5-3-4-6-32(28)38-35(43)46/h3-7,13,23-24,29-30,33H,8-12,14-22,25H2,1-2H3,(H,38,46)/t33-/m1/s1. The average molecular weight is 657 g/mol. The van der Waals surface area contributed by atoms with Gasteiger partial charge in [-0.1, -0.05) is 18.2 Å². The Labute approximate surface area is 282 Å². The Morgan fingerprint density at radius 3 is 2.40 bits per heavy atom. The number of nitrogens with zero attached hydrogens (tertiary/aromatic N) is 7. The Balaban J connectivity index is 0.996. The van der Waals surface area contributed by atoms with Crippen molar-refractivity contribution in [2.24, 2.45) is 0 Å². The molecule has 7 rings (SSSR count). The molecule has 0 saturated carbocycles. The lowest BCUT2D eigenvalue weighted by atomic mass is 10.0. The van der Waals surface area contributed by atoms with Crippen LogP contribution >= 0.6 is 0 Å². The molecule has 12 heteroatoms. The molecule has 256 valence electrons. The monoisotopic (exact) mass is 656 g/mol. The summed E-state index contributed by atoms with van der Waals surface area (Å²) in [6.45, 7) is 8.73. The van der Waals surface area contributed by atoms with Crippen molar-refractivity contribution in [3.05, 3.63) is 65.5 Å². The molecule has 3 aromatic rings. The lowest BCUT2D eigenvalue weighted by Crippen LogP contribution is -2.56. The average Bonchev–Trinajstić information content (AvgIpc) is 3.52. The van der Waals surface area contributed by atoms with Crippen molar-refractivity contribution in [3.8, 4) is 0 Å². The zero-order chi connectivity index (χ0) is 33.2. The normalized spacial score (nSPS) is 21.1. The molecule has 4 aliphatic rings. The minimum atomic E-state index is -0.926. The van der Waals surface area contributed by atoms with E-state index in [4.69, 9.17) is 4.74 Å². The highest BCUT2D eigenvalue weighted by Gasteiger charge is 2.36. The van der Waals surface area contributed by atoms with Crippen LogP contribution in [0.5, 0.6) is 0 Å². The summed E-state index contributed by atoms with van der Waals surface area (Å²) < 4.78 is 7.99. The minimum Gasteiger partial charge on any atom is -0.436 e. The van der Waals surface area contributed by atoms with Crippen molar-refractivity contribution < 1.29 is 19.1 Å². The van der Waals surface area contributed by atoms with Crippen LogP contribution in [0.2, 0.25) is 0 Å². The number of hydrogen-bond acceptors (Lipinski definition) is 7. The van der Waals surface area contributed by atoms with Gasteiger partial charge < -0.3 is 29.7 Å².